The minimum atomic E-state index is -1.39. The molecule has 1 aliphatic carbocycles. The number of rotatable bonds is 7. The van der Waals surface area contributed by atoms with Crippen LogP contribution >= 0.6 is 23.8 Å². The van der Waals surface area contributed by atoms with E-state index >= 15 is 0 Å². The highest BCUT2D eigenvalue weighted by atomic mass is 35.5. The van der Waals surface area contributed by atoms with Crippen LogP contribution in [0.4, 0.5) is 0 Å². The van der Waals surface area contributed by atoms with Crippen molar-refractivity contribution in [1.82, 2.24) is 19.7 Å². The van der Waals surface area contributed by atoms with E-state index in [9.17, 15) is 20.1 Å². The molecule has 4 rings (SSSR count). The summed E-state index contributed by atoms with van der Waals surface area (Å²) in [7, 11) is 0. The number of carbonyl (C=O) groups excluding carboxylic acids is 1. The minimum absolute atomic E-state index is 0.126. The van der Waals surface area contributed by atoms with Gasteiger partial charge in [-0.25, -0.2) is 4.68 Å². The third-order valence-corrected chi connectivity index (χ3v) is 6.14. The molecular weight excluding hydrogens is 460 g/mol. The Bertz CT molecular complexity index is 1020. The number of hydrogen-bond acceptors (Lipinski definition) is 8. The second-order valence-electron chi connectivity index (χ2n) is 7.94. The number of carbonyl (C=O) groups is 1. The summed E-state index contributed by atoms with van der Waals surface area (Å²) in [6.07, 6.45) is -3.00. The van der Waals surface area contributed by atoms with E-state index in [1.807, 2.05) is 4.57 Å². The molecule has 12 heteroatoms. The number of nitrogens with zero attached hydrogens (tertiary/aromatic N) is 3. The van der Waals surface area contributed by atoms with E-state index in [4.69, 9.17) is 33.3 Å². The molecule has 0 bridgehead atoms. The fraction of sp³-hybridized carbons (Fsp3) is 0.550. The Balaban J connectivity index is 1.66. The lowest BCUT2D eigenvalue weighted by atomic mass is 9.96. The maximum atomic E-state index is 11.8. The van der Waals surface area contributed by atoms with E-state index in [0.717, 1.165) is 12.8 Å². The van der Waals surface area contributed by atoms with Gasteiger partial charge in [0.25, 0.3) is 0 Å². The fourth-order valence-electron chi connectivity index (χ4n) is 3.78. The van der Waals surface area contributed by atoms with Crippen LogP contribution in [0.2, 0.25) is 5.02 Å². The summed E-state index contributed by atoms with van der Waals surface area (Å²) < 4.78 is 15.3. The molecule has 1 aromatic carbocycles. The maximum Gasteiger partial charge on any atom is 0.217 e. The van der Waals surface area contributed by atoms with Crippen molar-refractivity contribution < 1.29 is 29.6 Å². The number of aliphatic hydroxyl groups is 3. The first-order valence-corrected chi connectivity index (χ1v) is 11.1. The van der Waals surface area contributed by atoms with Crippen molar-refractivity contribution in [2.24, 2.45) is 0 Å². The van der Waals surface area contributed by atoms with Crippen LogP contribution in [0.5, 0.6) is 5.75 Å². The van der Waals surface area contributed by atoms with Crippen LogP contribution in [-0.2, 0) is 16.1 Å². The molecule has 1 amide bonds. The van der Waals surface area contributed by atoms with Gasteiger partial charge in [0.05, 0.1) is 6.61 Å². The highest BCUT2D eigenvalue weighted by Gasteiger charge is 2.47. The zero-order chi connectivity index (χ0) is 23.0. The monoisotopic (exact) mass is 484 g/mol. The van der Waals surface area contributed by atoms with E-state index < -0.39 is 43.1 Å². The number of aromatic nitrogens is 3. The van der Waals surface area contributed by atoms with E-state index in [1.165, 1.54) is 11.6 Å². The lowest BCUT2D eigenvalue weighted by Gasteiger charge is -2.42. The minimum Gasteiger partial charge on any atom is -0.486 e. The van der Waals surface area contributed by atoms with Crippen molar-refractivity contribution in [2.45, 2.75) is 63.0 Å². The quantitative estimate of drug-likeness (QED) is 0.430. The van der Waals surface area contributed by atoms with Crippen molar-refractivity contribution in [3.63, 3.8) is 0 Å². The van der Waals surface area contributed by atoms with E-state index in [0.29, 0.717) is 21.4 Å². The second kappa shape index (κ2) is 9.46. The first kappa shape index (κ1) is 23.1. The molecule has 2 aromatic rings. The largest absolute Gasteiger partial charge is 0.486 e. The summed E-state index contributed by atoms with van der Waals surface area (Å²) in [5, 5.41) is 38.3. The van der Waals surface area contributed by atoms with E-state index in [1.54, 1.807) is 24.3 Å². The van der Waals surface area contributed by atoms with Gasteiger partial charge in [0.15, 0.2) is 12.1 Å². The van der Waals surface area contributed by atoms with Crippen LogP contribution in [0, 0.1) is 4.77 Å². The topological polar surface area (TPSA) is 131 Å². The molecule has 10 nitrogen and oxygen atoms in total. The van der Waals surface area contributed by atoms with E-state index in [-0.39, 0.29) is 12.6 Å². The SMILES string of the molecule is CC(=O)N[C@@H]1[C@@H](O)[C@H](O)[C@H](CO)O[C@@H]1n1nc(COc2ccc(Cl)cc2)n(C2CC2)c1=S. The van der Waals surface area contributed by atoms with Crippen LogP contribution in [0.1, 0.15) is 37.9 Å². The molecule has 2 aliphatic rings. The van der Waals surface area contributed by atoms with Crippen LogP contribution in [-0.4, -0.2) is 66.5 Å². The van der Waals surface area contributed by atoms with Gasteiger partial charge in [-0.3, -0.25) is 9.36 Å². The Hall–Kier alpha value is -2.02. The molecule has 4 N–H and O–H groups in total. The molecule has 0 spiro atoms. The van der Waals surface area contributed by atoms with Gasteiger partial charge < -0.3 is 30.1 Å². The molecule has 1 saturated heterocycles. The summed E-state index contributed by atoms with van der Waals surface area (Å²) in [6, 6.07) is 6.08. The van der Waals surface area contributed by atoms with Crippen LogP contribution in [0.15, 0.2) is 24.3 Å². The van der Waals surface area contributed by atoms with Gasteiger partial charge in [0.1, 0.15) is 36.7 Å². The summed E-state index contributed by atoms with van der Waals surface area (Å²) in [5.74, 6) is 0.747. The fourth-order valence-corrected chi connectivity index (χ4v) is 4.30. The van der Waals surface area contributed by atoms with Gasteiger partial charge in [0, 0.05) is 18.0 Å². The number of halogens is 1. The number of aliphatic hydroxyl groups excluding tert-OH is 3. The molecule has 1 aromatic heterocycles. The summed E-state index contributed by atoms with van der Waals surface area (Å²) in [4.78, 5) is 11.8. The molecule has 5 atom stereocenters. The first-order valence-electron chi connectivity index (χ1n) is 10.3. The predicted octanol–water partition coefficient (Wildman–Crippen LogP) is 1.10. The van der Waals surface area contributed by atoms with Gasteiger partial charge in [0.2, 0.25) is 10.7 Å². The van der Waals surface area contributed by atoms with Crippen molar-refractivity contribution >= 4 is 29.7 Å². The molecular formula is C20H25ClN4O6S. The Morgan fingerprint density at radius 1 is 1.31 bits per heavy atom. The molecule has 32 heavy (non-hydrogen) atoms. The second-order valence-corrected chi connectivity index (χ2v) is 8.74. The smallest absolute Gasteiger partial charge is 0.217 e. The highest BCUT2D eigenvalue weighted by Crippen LogP contribution is 2.38. The highest BCUT2D eigenvalue weighted by molar-refractivity contribution is 7.71. The number of ether oxygens (including phenoxy) is 2. The lowest BCUT2D eigenvalue weighted by Crippen LogP contribution is -2.62. The van der Waals surface area contributed by atoms with Crippen molar-refractivity contribution in [1.29, 1.82) is 0 Å². The van der Waals surface area contributed by atoms with Crippen LogP contribution < -0.4 is 10.1 Å². The molecule has 1 aliphatic heterocycles. The average molecular weight is 485 g/mol. The molecule has 0 unspecified atom stereocenters. The number of benzene rings is 1. The molecule has 2 heterocycles. The predicted molar refractivity (Wildman–Crippen MR) is 116 cm³/mol. The van der Waals surface area contributed by atoms with Crippen LogP contribution in [0.25, 0.3) is 0 Å². The third kappa shape index (κ3) is 4.68. The van der Waals surface area contributed by atoms with Gasteiger partial charge in [-0.05, 0) is 49.3 Å². The van der Waals surface area contributed by atoms with E-state index in [2.05, 4.69) is 10.4 Å². The number of nitrogens with one attached hydrogen (secondary N) is 1. The Morgan fingerprint density at radius 2 is 2.00 bits per heavy atom. The number of hydrogen-bond donors (Lipinski definition) is 4. The van der Waals surface area contributed by atoms with Gasteiger partial charge >= 0.3 is 0 Å². The molecule has 1 saturated carbocycles. The Labute approximate surface area is 194 Å². The maximum absolute atomic E-state index is 11.8. The molecule has 174 valence electrons. The first-order chi connectivity index (χ1) is 15.3. The van der Waals surface area contributed by atoms with Gasteiger partial charge in [-0.2, -0.15) is 5.10 Å². The zero-order valence-corrected chi connectivity index (χ0v) is 18.9. The summed E-state index contributed by atoms with van der Waals surface area (Å²) in [5.41, 5.74) is 0. The third-order valence-electron chi connectivity index (χ3n) is 5.51. The van der Waals surface area contributed by atoms with Gasteiger partial charge in [-0.1, -0.05) is 11.6 Å². The summed E-state index contributed by atoms with van der Waals surface area (Å²) in [6.45, 7) is 0.896. The standard InChI is InChI=1S/C20H25ClN4O6S/c1-10(27)22-16-18(29)17(28)14(8-26)31-19(16)25-20(32)24(12-4-5-12)15(23-25)9-30-13-6-2-11(21)3-7-13/h2-3,6-7,12,14,16-19,26,28-29H,4-5,8-9H2,1H3,(H,22,27)/t14-,16+,17+,18+,19-/m0/s1. The van der Waals surface area contributed by atoms with Crippen molar-refractivity contribution in [3.8, 4) is 5.75 Å². The number of amides is 1. The van der Waals surface area contributed by atoms with Crippen molar-refractivity contribution in [2.75, 3.05) is 6.61 Å². The zero-order valence-electron chi connectivity index (χ0n) is 17.3. The Kier molecular flexibility index (Phi) is 6.84. The van der Waals surface area contributed by atoms with Gasteiger partial charge in [-0.15, -0.1) is 0 Å². The Morgan fingerprint density at radius 3 is 2.59 bits per heavy atom. The summed E-state index contributed by atoms with van der Waals surface area (Å²) >= 11 is 11.6. The molecule has 2 fully saturated rings. The van der Waals surface area contributed by atoms with Crippen LogP contribution in [0.3, 0.4) is 0 Å². The normalized spacial score (nSPS) is 27.8. The average Bonchev–Trinajstić information content (AvgIpc) is 3.54. The van der Waals surface area contributed by atoms with Crippen molar-refractivity contribution in [3.05, 3.63) is 39.9 Å². The lowest BCUT2D eigenvalue weighted by molar-refractivity contribution is -0.219. The molecule has 0 radical (unpaired) electrons.